The van der Waals surface area contributed by atoms with Crippen LogP contribution in [0.4, 0.5) is 5.69 Å². The summed E-state index contributed by atoms with van der Waals surface area (Å²) in [5.74, 6) is 0.725. The third-order valence-corrected chi connectivity index (χ3v) is 4.00. The minimum atomic E-state index is -0.144. The van der Waals surface area contributed by atoms with Crippen molar-refractivity contribution in [2.24, 2.45) is 0 Å². The van der Waals surface area contributed by atoms with Gasteiger partial charge in [0.2, 0.25) is 5.91 Å². The number of hydrogen-bond donors (Lipinski definition) is 1. The summed E-state index contributed by atoms with van der Waals surface area (Å²) >= 11 is 0. The zero-order valence-corrected chi connectivity index (χ0v) is 12.3. The molecule has 2 aromatic carbocycles. The number of hydrogen-bond acceptors (Lipinski definition) is 2. The van der Waals surface area contributed by atoms with Gasteiger partial charge in [-0.1, -0.05) is 36.4 Å². The lowest BCUT2D eigenvalue weighted by atomic mass is 9.92. The maximum atomic E-state index is 12.7. The van der Waals surface area contributed by atoms with E-state index in [1.165, 1.54) is 0 Å². The number of carbonyl (C=O) groups excluding carboxylic acids is 1. The van der Waals surface area contributed by atoms with Crippen molar-refractivity contribution in [1.29, 1.82) is 0 Å². The second-order valence-corrected chi connectivity index (χ2v) is 5.48. The van der Waals surface area contributed by atoms with Gasteiger partial charge in [-0.25, -0.2) is 0 Å². The van der Waals surface area contributed by atoms with E-state index in [9.17, 15) is 4.79 Å². The molecule has 0 spiro atoms. The van der Waals surface area contributed by atoms with Crippen molar-refractivity contribution in [2.75, 3.05) is 11.9 Å². The van der Waals surface area contributed by atoms with Crippen molar-refractivity contribution >= 4 is 11.6 Å². The van der Waals surface area contributed by atoms with E-state index in [4.69, 9.17) is 4.74 Å². The highest BCUT2D eigenvalue weighted by atomic mass is 16.5. The van der Waals surface area contributed by atoms with Gasteiger partial charge in [0, 0.05) is 11.3 Å². The Balaban J connectivity index is 1.87. The summed E-state index contributed by atoms with van der Waals surface area (Å²) in [5.41, 5.74) is 4.08. The van der Waals surface area contributed by atoms with E-state index in [-0.39, 0.29) is 11.8 Å². The van der Waals surface area contributed by atoms with E-state index in [0.717, 1.165) is 28.1 Å². The average molecular weight is 281 g/mol. The van der Waals surface area contributed by atoms with Crippen molar-refractivity contribution in [3.05, 3.63) is 59.2 Å². The highest BCUT2D eigenvalue weighted by Gasteiger charge is 2.27. The van der Waals surface area contributed by atoms with E-state index in [2.05, 4.69) is 5.32 Å². The molecule has 2 aromatic rings. The summed E-state index contributed by atoms with van der Waals surface area (Å²) < 4.78 is 5.62. The fourth-order valence-electron chi connectivity index (χ4n) is 2.84. The van der Waals surface area contributed by atoms with Crippen molar-refractivity contribution in [1.82, 2.24) is 0 Å². The fraction of sp³-hybridized carbons (Fsp3) is 0.278. The molecule has 3 heteroatoms. The largest absolute Gasteiger partial charge is 0.493 e. The number of anilines is 1. The van der Waals surface area contributed by atoms with Gasteiger partial charge in [-0.15, -0.1) is 0 Å². The zero-order valence-electron chi connectivity index (χ0n) is 12.3. The summed E-state index contributed by atoms with van der Waals surface area (Å²) in [7, 11) is 0. The van der Waals surface area contributed by atoms with Gasteiger partial charge < -0.3 is 10.1 Å². The molecule has 0 bridgehead atoms. The van der Waals surface area contributed by atoms with Crippen LogP contribution in [0.5, 0.6) is 5.75 Å². The molecule has 1 unspecified atom stereocenters. The van der Waals surface area contributed by atoms with Gasteiger partial charge >= 0.3 is 0 Å². The second kappa shape index (κ2) is 5.60. The number of amides is 1. The number of ether oxygens (including phenoxy) is 1. The molecular weight excluding hydrogens is 262 g/mol. The van der Waals surface area contributed by atoms with Gasteiger partial charge in [0.1, 0.15) is 5.75 Å². The lowest BCUT2D eigenvalue weighted by molar-refractivity contribution is -0.118. The lowest BCUT2D eigenvalue weighted by Crippen LogP contribution is -2.27. The van der Waals surface area contributed by atoms with Gasteiger partial charge in [-0.05, 0) is 37.5 Å². The third-order valence-electron chi connectivity index (χ3n) is 4.00. The summed E-state index contributed by atoms with van der Waals surface area (Å²) in [5, 5.41) is 3.09. The summed E-state index contributed by atoms with van der Waals surface area (Å²) in [6, 6.07) is 13.8. The molecule has 0 radical (unpaired) electrons. The lowest BCUT2D eigenvalue weighted by Gasteiger charge is -2.25. The molecule has 3 rings (SSSR count). The molecular formula is C18H19NO2. The van der Waals surface area contributed by atoms with Crippen LogP contribution in [0.3, 0.4) is 0 Å². The van der Waals surface area contributed by atoms with E-state index >= 15 is 0 Å². The van der Waals surface area contributed by atoms with Crippen LogP contribution in [-0.4, -0.2) is 12.5 Å². The summed E-state index contributed by atoms with van der Waals surface area (Å²) in [4.78, 5) is 12.7. The van der Waals surface area contributed by atoms with Crippen LogP contribution in [0.1, 0.15) is 29.0 Å². The van der Waals surface area contributed by atoms with Gasteiger partial charge in [-0.3, -0.25) is 4.79 Å². The number of benzene rings is 2. The predicted molar refractivity (Wildman–Crippen MR) is 83.8 cm³/mol. The van der Waals surface area contributed by atoms with Gasteiger partial charge in [0.05, 0.1) is 12.5 Å². The molecule has 1 heterocycles. The Hall–Kier alpha value is -2.29. The monoisotopic (exact) mass is 281 g/mol. The maximum absolute atomic E-state index is 12.7. The molecule has 1 amide bonds. The van der Waals surface area contributed by atoms with Crippen LogP contribution in [0.15, 0.2) is 42.5 Å². The molecule has 1 aliphatic rings. The Labute approximate surface area is 124 Å². The van der Waals surface area contributed by atoms with Crippen molar-refractivity contribution in [2.45, 2.75) is 26.2 Å². The first-order valence-corrected chi connectivity index (χ1v) is 7.25. The molecule has 0 aromatic heterocycles. The molecule has 21 heavy (non-hydrogen) atoms. The summed E-state index contributed by atoms with van der Waals surface area (Å²) in [6.07, 6.45) is 0.716. The van der Waals surface area contributed by atoms with E-state index in [1.807, 2.05) is 56.3 Å². The van der Waals surface area contributed by atoms with Crippen LogP contribution in [-0.2, 0) is 4.79 Å². The molecule has 0 aliphatic carbocycles. The van der Waals surface area contributed by atoms with Crippen LogP contribution in [0.2, 0.25) is 0 Å². The Morgan fingerprint density at radius 1 is 1.10 bits per heavy atom. The SMILES string of the molecule is Cc1cccc(C)c1NC(=O)C1CCOc2ccccc21. The minimum absolute atomic E-state index is 0.0446. The van der Waals surface area contributed by atoms with Crippen molar-refractivity contribution < 1.29 is 9.53 Å². The van der Waals surface area contributed by atoms with Gasteiger partial charge in [0.25, 0.3) is 0 Å². The number of nitrogens with one attached hydrogen (secondary N) is 1. The Bertz CT molecular complexity index is 658. The van der Waals surface area contributed by atoms with E-state index < -0.39 is 0 Å². The van der Waals surface area contributed by atoms with Gasteiger partial charge in [-0.2, -0.15) is 0 Å². The number of aryl methyl sites for hydroxylation is 2. The van der Waals surface area contributed by atoms with Crippen LogP contribution in [0.25, 0.3) is 0 Å². The molecule has 1 aliphatic heterocycles. The maximum Gasteiger partial charge on any atom is 0.232 e. The smallest absolute Gasteiger partial charge is 0.232 e. The molecule has 108 valence electrons. The Morgan fingerprint density at radius 2 is 1.81 bits per heavy atom. The Kier molecular flexibility index (Phi) is 3.65. The first-order valence-electron chi connectivity index (χ1n) is 7.25. The number of para-hydroxylation sites is 2. The molecule has 0 saturated carbocycles. The van der Waals surface area contributed by atoms with Gasteiger partial charge in [0.15, 0.2) is 0 Å². The number of fused-ring (bicyclic) bond motifs is 1. The quantitative estimate of drug-likeness (QED) is 0.909. The van der Waals surface area contributed by atoms with E-state index in [0.29, 0.717) is 13.0 Å². The van der Waals surface area contributed by atoms with Crippen LogP contribution in [0, 0.1) is 13.8 Å². The first-order chi connectivity index (χ1) is 10.2. The second-order valence-electron chi connectivity index (χ2n) is 5.48. The topological polar surface area (TPSA) is 38.3 Å². The van der Waals surface area contributed by atoms with Crippen LogP contribution >= 0.6 is 0 Å². The molecule has 0 fully saturated rings. The van der Waals surface area contributed by atoms with Crippen molar-refractivity contribution in [3.8, 4) is 5.75 Å². The van der Waals surface area contributed by atoms with Crippen LogP contribution < -0.4 is 10.1 Å². The molecule has 1 atom stereocenters. The highest BCUT2D eigenvalue weighted by molar-refractivity contribution is 5.97. The average Bonchev–Trinajstić information content (AvgIpc) is 2.50. The normalized spacial score (nSPS) is 16.8. The summed E-state index contributed by atoms with van der Waals surface area (Å²) in [6.45, 7) is 4.61. The Morgan fingerprint density at radius 3 is 2.57 bits per heavy atom. The predicted octanol–water partition coefficient (Wildman–Crippen LogP) is 3.81. The molecule has 1 N–H and O–H groups in total. The molecule has 0 saturated heterocycles. The zero-order chi connectivity index (χ0) is 14.8. The standard InChI is InChI=1S/C18H19NO2/c1-12-6-5-7-13(2)17(12)19-18(20)15-10-11-21-16-9-4-3-8-14(15)16/h3-9,15H,10-11H2,1-2H3,(H,19,20). The number of carbonyl (C=O) groups is 1. The first kappa shape index (κ1) is 13.7. The minimum Gasteiger partial charge on any atom is -0.493 e. The number of rotatable bonds is 2. The van der Waals surface area contributed by atoms with E-state index in [1.54, 1.807) is 0 Å². The fourth-order valence-corrected chi connectivity index (χ4v) is 2.84. The highest BCUT2D eigenvalue weighted by Crippen LogP contribution is 2.34. The molecule has 3 nitrogen and oxygen atoms in total. The third kappa shape index (κ3) is 2.64. The van der Waals surface area contributed by atoms with Crippen molar-refractivity contribution in [3.63, 3.8) is 0 Å².